The molecule has 0 atom stereocenters. The van der Waals surface area contributed by atoms with Crippen molar-refractivity contribution < 1.29 is 8.81 Å². The Labute approximate surface area is 179 Å². The second-order valence-corrected chi connectivity index (χ2v) is 7.14. The van der Waals surface area contributed by atoms with Gasteiger partial charge in [-0.25, -0.2) is 9.37 Å². The molecule has 0 bridgehead atoms. The minimum Gasteiger partial charge on any atom is -0.444 e. The van der Waals surface area contributed by atoms with Gasteiger partial charge < -0.3 is 15.1 Å². The Morgan fingerprint density at radius 3 is 2.63 bits per heavy atom. The van der Waals surface area contributed by atoms with E-state index in [1.807, 2.05) is 0 Å². The van der Waals surface area contributed by atoms with Crippen molar-refractivity contribution in [2.45, 2.75) is 19.9 Å². The Kier molecular flexibility index (Phi) is 8.23. The van der Waals surface area contributed by atoms with Gasteiger partial charge in [0.15, 0.2) is 5.96 Å². The first-order valence-corrected chi connectivity index (χ1v) is 9.16. The predicted molar refractivity (Wildman–Crippen MR) is 118 cm³/mol. The summed E-state index contributed by atoms with van der Waals surface area (Å²) in [6.45, 7) is 3.52. The van der Waals surface area contributed by atoms with E-state index >= 15 is 0 Å². The van der Waals surface area contributed by atoms with Gasteiger partial charge >= 0.3 is 0 Å². The van der Waals surface area contributed by atoms with Crippen LogP contribution in [0.4, 0.5) is 4.39 Å². The molecule has 0 aliphatic carbocycles. The highest BCUT2D eigenvalue weighted by Gasteiger charge is 2.07. The summed E-state index contributed by atoms with van der Waals surface area (Å²) in [6.07, 6.45) is 2.33. The number of halogens is 2. The first-order valence-electron chi connectivity index (χ1n) is 8.34. The topological polar surface area (TPSA) is 62.5 Å². The lowest BCUT2D eigenvalue weighted by atomic mass is 10.2. The minimum absolute atomic E-state index is 0. The van der Waals surface area contributed by atoms with E-state index in [0.717, 1.165) is 23.8 Å². The number of aliphatic imine (C=N–C) groups is 1. The van der Waals surface area contributed by atoms with Crippen LogP contribution in [0.15, 0.2) is 52.1 Å². The molecule has 27 heavy (non-hydrogen) atoms. The van der Waals surface area contributed by atoms with Crippen LogP contribution in [0.2, 0.25) is 0 Å². The lowest BCUT2D eigenvalue weighted by Crippen LogP contribution is -2.37. The van der Waals surface area contributed by atoms with Crippen molar-refractivity contribution in [1.82, 2.24) is 15.6 Å². The minimum atomic E-state index is -0.277. The van der Waals surface area contributed by atoms with Crippen LogP contribution in [-0.2, 0) is 13.0 Å². The number of nitrogens with one attached hydrogen (secondary N) is 2. The number of oxazole rings is 1. The summed E-state index contributed by atoms with van der Waals surface area (Å²) < 4.78 is 18.5. The van der Waals surface area contributed by atoms with Crippen molar-refractivity contribution in [2.75, 3.05) is 13.6 Å². The van der Waals surface area contributed by atoms with Crippen molar-refractivity contribution >= 4 is 41.3 Å². The number of benzene rings is 1. The third-order valence-electron chi connectivity index (χ3n) is 3.77. The number of hydrogen-bond donors (Lipinski definition) is 2. The average molecular weight is 500 g/mol. The molecule has 3 aromatic rings. The molecule has 1 aromatic carbocycles. The molecule has 0 fully saturated rings. The molecule has 0 saturated heterocycles. The first kappa shape index (κ1) is 21.4. The molecule has 2 N–H and O–H groups in total. The summed E-state index contributed by atoms with van der Waals surface area (Å²) in [5.74, 6) is 0.968. The number of aryl methyl sites for hydroxylation is 1. The molecule has 2 heterocycles. The molecule has 0 amide bonds. The maximum Gasteiger partial charge on any atom is 0.226 e. The van der Waals surface area contributed by atoms with E-state index in [-0.39, 0.29) is 29.8 Å². The van der Waals surface area contributed by atoms with Crippen LogP contribution in [0.25, 0.3) is 11.5 Å². The molecule has 5 nitrogen and oxygen atoms in total. The van der Waals surface area contributed by atoms with Crippen LogP contribution in [0.1, 0.15) is 15.4 Å². The van der Waals surface area contributed by atoms with Gasteiger partial charge in [-0.05, 0) is 43.3 Å². The van der Waals surface area contributed by atoms with Gasteiger partial charge in [-0.1, -0.05) is 0 Å². The van der Waals surface area contributed by atoms with Gasteiger partial charge in [-0.15, -0.1) is 35.3 Å². The molecule has 8 heteroatoms. The van der Waals surface area contributed by atoms with Crippen molar-refractivity contribution in [3.8, 4) is 11.5 Å². The highest BCUT2D eigenvalue weighted by Crippen LogP contribution is 2.19. The smallest absolute Gasteiger partial charge is 0.226 e. The third kappa shape index (κ3) is 6.31. The predicted octanol–water partition coefficient (Wildman–Crippen LogP) is 4.38. The van der Waals surface area contributed by atoms with Crippen molar-refractivity contribution in [3.63, 3.8) is 0 Å². The second-order valence-electron chi connectivity index (χ2n) is 5.77. The average Bonchev–Trinajstić information content (AvgIpc) is 3.28. The Balaban J connectivity index is 0.00000261. The van der Waals surface area contributed by atoms with Crippen LogP contribution < -0.4 is 10.6 Å². The summed E-state index contributed by atoms with van der Waals surface area (Å²) in [5, 5.41) is 6.56. The van der Waals surface area contributed by atoms with Gasteiger partial charge in [0.1, 0.15) is 12.1 Å². The molecule has 2 aromatic heterocycles. The summed E-state index contributed by atoms with van der Waals surface area (Å²) in [4.78, 5) is 11.2. The Hall–Kier alpha value is -1.94. The third-order valence-corrected chi connectivity index (χ3v) is 4.77. The fourth-order valence-electron chi connectivity index (χ4n) is 2.43. The monoisotopic (exact) mass is 500 g/mol. The maximum atomic E-state index is 13.0. The molecule has 0 radical (unpaired) electrons. The van der Waals surface area contributed by atoms with Crippen LogP contribution >= 0.6 is 35.3 Å². The molecular formula is C19H22FIN4OS. The van der Waals surface area contributed by atoms with Gasteiger partial charge in [0.05, 0.1) is 12.2 Å². The molecule has 0 aliphatic heterocycles. The molecule has 0 aliphatic rings. The van der Waals surface area contributed by atoms with Gasteiger partial charge in [0.25, 0.3) is 0 Å². The second kappa shape index (κ2) is 10.4. The van der Waals surface area contributed by atoms with Crippen molar-refractivity contribution in [1.29, 1.82) is 0 Å². The first-order chi connectivity index (χ1) is 12.6. The van der Waals surface area contributed by atoms with Gasteiger partial charge in [0.2, 0.25) is 5.89 Å². The highest BCUT2D eigenvalue weighted by atomic mass is 127. The van der Waals surface area contributed by atoms with Gasteiger partial charge in [-0.3, -0.25) is 4.99 Å². The molecule has 144 valence electrons. The number of guanidine groups is 1. The van der Waals surface area contributed by atoms with E-state index < -0.39 is 0 Å². The summed E-state index contributed by atoms with van der Waals surface area (Å²) in [6, 6.07) is 10.3. The Morgan fingerprint density at radius 2 is 1.96 bits per heavy atom. The number of thiophene rings is 1. The summed E-state index contributed by atoms with van der Waals surface area (Å²) >= 11 is 1.77. The fraction of sp³-hybridized carbons (Fsp3) is 0.263. The zero-order valence-electron chi connectivity index (χ0n) is 15.2. The molecule has 0 saturated carbocycles. The fourth-order valence-corrected chi connectivity index (χ4v) is 3.26. The van der Waals surface area contributed by atoms with E-state index in [4.69, 9.17) is 4.42 Å². The highest BCUT2D eigenvalue weighted by molar-refractivity contribution is 14.0. The number of hydrogen-bond acceptors (Lipinski definition) is 4. The molecular weight excluding hydrogens is 478 g/mol. The molecule has 0 spiro atoms. The van der Waals surface area contributed by atoms with E-state index in [1.54, 1.807) is 36.8 Å². The number of rotatable bonds is 6. The van der Waals surface area contributed by atoms with Crippen molar-refractivity contribution in [3.05, 3.63) is 63.9 Å². The standard InChI is InChI=1S/C19H21FN4OS.HI/c1-13-3-8-17(26-13)11-23-19(21-2)22-10-9-16-12-25-18(24-16)14-4-6-15(20)7-5-14;/h3-8,12H,9-11H2,1-2H3,(H2,21,22,23);1H. The Morgan fingerprint density at radius 1 is 1.19 bits per heavy atom. The summed E-state index contributed by atoms with van der Waals surface area (Å²) in [7, 11) is 1.75. The lowest BCUT2D eigenvalue weighted by molar-refractivity contribution is 0.571. The zero-order chi connectivity index (χ0) is 18.4. The van der Waals surface area contributed by atoms with Crippen LogP contribution in [0, 0.1) is 12.7 Å². The van der Waals surface area contributed by atoms with Crippen LogP contribution in [0.3, 0.4) is 0 Å². The van der Waals surface area contributed by atoms with E-state index in [0.29, 0.717) is 18.9 Å². The van der Waals surface area contributed by atoms with E-state index in [2.05, 4.69) is 39.7 Å². The largest absolute Gasteiger partial charge is 0.444 e. The van der Waals surface area contributed by atoms with Gasteiger partial charge in [0, 0.05) is 35.3 Å². The quantitative estimate of drug-likeness (QED) is 0.300. The maximum absolute atomic E-state index is 13.0. The molecule has 3 rings (SSSR count). The van der Waals surface area contributed by atoms with Gasteiger partial charge in [-0.2, -0.15) is 0 Å². The van der Waals surface area contributed by atoms with E-state index in [1.165, 1.54) is 21.9 Å². The SMILES string of the molecule is CN=C(NCCc1coc(-c2ccc(F)cc2)n1)NCc1ccc(C)s1.I. The summed E-state index contributed by atoms with van der Waals surface area (Å²) in [5.41, 5.74) is 1.59. The van der Waals surface area contributed by atoms with Crippen LogP contribution in [-0.4, -0.2) is 24.5 Å². The van der Waals surface area contributed by atoms with Crippen LogP contribution in [0.5, 0.6) is 0 Å². The van der Waals surface area contributed by atoms with E-state index in [9.17, 15) is 4.39 Å². The Bertz CT molecular complexity index is 876. The van der Waals surface area contributed by atoms with Crippen molar-refractivity contribution in [2.24, 2.45) is 4.99 Å². The zero-order valence-corrected chi connectivity index (χ0v) is 18.3. The number of aromatic nitrogens is 1. The number of nitrogens with zero attached hydrogens (tertiary/aromatic N) is 2. The normalized spacial score (nSPS) is 11.1. The molecule has 0 unspecified atom stereocenters. The lowest BCUT2D eigenvalue weighted by Gasteiger charge is -2.10.